The molecule has 0 aliphatic carbocycles. The summed E-state index contributed by atoms with van der Waals surface area (Å²) in [6.07, 6.45) is 3.52. The smallest absolute Gasteiger partial charge is 0.241 e. The number of rotatable bonds is 6. The predicted octanol–water partition coefficient (Wildman–Crippen LogP) is 1.90. The monoisotopic (exact) mass is 271 g/mol. The normalized spacial score (nSPS) is 16.6. The van der Waals surface area contributed by atoms with Gasteiger partial charge in [-0.05, 0) is 44.5 Å². The topological polar surface area (TPSA) is 56.1 Å². The van der Waals surface area contributed by atoms with Crippen LogP contribution in [0.5, 0.6) is 0 Å². The summed E-state index contributed by atoms with van der Waals surface area (Å²) in [6.45, 7) is 4.03. The van der Waals surface area contributed by atoms with Gasteiger partial charge in [-0.25, -0.2) is 0 Å². The summed E-state index contributed by atoms with van der Waals surface area (Å²) in [6, 6.07) is 11.3. The molecule has 0 radical (unpaired) electrons. The van der Waals surface area contributed by atoms with Gasteiger partial charge in [0.25, 0.3) is 0 Å². The molecule has 4 heteroatoms. The number of likely N-dealkylation sites (tertiary alicyclic amines) is 1. The molecular weight excluding hydrogens is 250 g/mol. The van der Waals surface area contributed by atoms with E-state index < -0.39 is 5.92 Å². The molecule has 1 fully saturated rings. The third kappa shape index (κ3) is 4.07. The first-order valence-electron chi connectivity index (χ1n) is 7.26. The molecule has 0 spiro atoms. The number of hydrogen-bond donors (Lipinski definition) is 1. The Kier molecular flexibility index (Phi) is 5.57. The van der Waals surface area contributed by atoms with Crippen molar-refractivity contribution in [1.82, 2.24) is 10.2 Å². The minimum Gasteiger partial charge on any atom is -0.355 e. The molecule has 20 heavy (non-hydrogen) atoms. The Labute approximate surface area is 120 Å². The van der Waals surface area contributed by atoms with Crippen molar-refractivity contribution in [2.75, 3.05) is 26.2 Å². The summed E-state index contributed by atoms with van der Waals surface area (Å²) in [5, 5.41) is 12.0. The van der Waals surface area contributed by atoms with Gasteiger partial charge < -0.3 is 10.2 Å². The molecule has 0 saturated carbocycles. The van der Waals surface area contributed by atoms with Gasteiger partial charge in [0.15, 0.2) is 0 Å². The quantitative estimate of drug-likeness (QED) is 0.804. The number of amides is 1. The van der Waals surface area contributed by atoms with Crippen LogP contribution < -0.4 is 5.32 Å². The number of carbonyl (C=O) groups is 1. The highest BCUT2D eigenvalue weighted by molar-refractivity contribution is 5.86. The van der Waals surface area contributed by atoms with E-state index in [-0.39, 0.29) is 5.91 Å². The van der Waals surface area contributed by atoms with Crippen molar-refractivity contribution >= 4 is 5.91 Å². The van der Waals surface area contributed by atoms with E-state index in [0.717, 1.165) is 18.5 Å². The maximum Gasteiger partial charge on any atom is 0.241 e. The molecule has 0 bridgehead atoms. The van der Waals surface area contributed by atoms with E-state index in [4.69, 9.17) is 5.26 Å². The molecule has 106 valence electrons. The van der Waals surface area contributed by atoms with Crippen LogP contribution >= 0.6 is 0 Å². The molecule has 0 aromatic heterocycles. The van der Waals surface area contributed by atoms with Crippen LogP contribution in [0.4, 0.5) is 0 Å². The Balaban J connectivity index is 1.74. The molecule has 1 unspecified atom stereocenters. The minimum atomic E-state index is -0.706. The zero-order valence-corrected chi connectivity index (χ0v) is 11.7. The van der Waals surface area contributed by atoms with Crippen LogP contribution in [0, 0.1) is 11.3 Å². The van der Waals surface area contributed by atoms with Crippen molar-refractivity contribution < 1.29 is 4.79 Å². The van der Waals surface area contributed by atoms with E-state index in [1.54, 1.807) is 0 Å². The van der Waals surface area contributed by atoms with Crippen LogP contribution in [0.1, 0.15) is 30.7 Å². The fourth-order valence-corrected chi connectivity index (χ4v) is 2.55. The summed E-state index contributed by atoms with van der Waals surface area (Å²) in [5.74, 6) is -0.900. The molecule has 1 amide bonds. The summed E-state index contributed by atoms with van der Waals surface area (Å²) < 4.78 is 0. The molecule has 1 N–H and O–H groups in total. The number of carbonyl (C=O) groups excluding carboxylic acids is 1. The predicted molar refractivity (Wildman–Crippen MR) is 78.1 cm³/mol. The molecule has 1 heterocycles. The van der Waals surface area contributed by atoms with Crippen LogP contribution in [-0.4, -0.2) is 37.0 Å². The average molecular weight is 271 g/mol. The molecule has 1 aromatic carbocycles. The van der Waals surface area contributed by atoms with E-state index in [1.165, 1.54) is 25.9 Å². The number of nitriles is 1. The highest BCUT2D eigenvalue weighted by atomic mass is 16.1. The molecule has 1 aliphatic rings. The fraction of sp³-hybridized carbons (Fsp3) is 0.500. The molecule has 4 nitrogen and oxygen atoms in total. The Morgan fingerprint density at radius 3 is 2.65 bits per heavy atom. The van der Waals surface area contributed by atoms with Crippen molar-refractivity contribution in [2.24, 2.45) is 0 Å². The molecule has 2 rings (SSSR count). The lowest BCUT2D eigenvalue weighted by Crippen LogP contribution is -2.31. The van der Waals surface area contributed by atoms with Crippen molar-refractivity contribution in [2.45, 2.75) is 25.2 Å². The first-order valence-corrected chi connectivity index (χ1v) is 7.26. The lowest BCUT2D eigenvalue weighted by molar-refractivity contribution is -0.121. The summed E-state index contributed by atoms with van der Waals surface area (Å²) in [4.78, 5) is 14.4. The largest absolute Gasteiger partial charge is 0.355 e. The highest BCUT2D eigenvalue weighted by Gasteiger charge is 2.19. The lowest BCUT2D eigenvalue weighted by atomic mass is 10.00. The van der Waals surface area contributed by atoms with E-state index in [9.17, 15) is 4.79 Å². The summed E-state index contributed by atoms with van der Waals surface area (Å²) in [7, 11) is 0. The highest BCUT2D eigenvalue weighted by Crippen LogP contribution is 2.14. The molecule has 1 saturated heterocycles. The number of hydrogen-bond acceptors (Lipinski definition) is 3. The van der Waals surface area contributed by atoms with Crippen LogP contribution in [0.3, 0.4) is 0 Å². The molecule has 1 aromatic rings. The van der Waals surface area contributed by atoms with Crippen LogP contribution in [0.15, 0.2) is 30.3 Å². The number of nitrogens with one attached hydrogen (secondary N) is 1. The average Bonchev–Trinajstić information content (AvgIpc) is 2.99. The fourth-order valence-electron chi connectivity index (χ4n) is 2.55. The molecule has 1 aliphatic heterocycles. The van der Waals surface area contributed by atoms with Gasteiger partial charge in [0, 0.05) is 6.54 Å². The Hall–Kier alpha value is -1.86. The maximum absolute atomic E-state index is 12.0. The van der Waals surface area contributed by atoms with E-state index in [1.807, 2.05) is 30.3 Å². The van der Waals surface area contributed by atoms with E-state index in [2.05, 4.69) is 16.3 Å². The maximum atomic E-state index is 12.0. The van der Waals surface area contributed by atoms with Gasteiger partial charge in [0.05, 0.1) is 6.07 Å². The SMILES string of the molecule is N#CC(C(=O)NCCCN1CCCC1)c1ccccc1. The van der Waals surface area contributed by atoms with Crippen molar-refractivity contribution in [3.05, 3.63) is 35.9 Å². The van der Waals surface area contributed by atoms with Gasteiger partial charge in [-0.2, -0.15) is 5.26 Å². The second-order valence-electron chi connectivity index (χ2n) is 5.17. The third-order valence-corrected chi connectivity index (χ3v) is 3.67. The summed E-state index contributed by atoms with van der Waals surface area (Å²) in [5.41, 5.74) is 0.757. The van der Waals surface area contributed by atoms with E-state index in [0.29, 0.717) is 6.54 Å². The Morgan fingerprint density at radius 2 is 2.00 bits per heavy atom. The first-order chi connectivity index (χ1) is 9.81. The molecular formula is C16H21N3O. The van der Waals surface area contributed by atoms with Gasteiger partial charge in [-0.15, -0.1) is 0 Å². The number of benzene rings is 1. The second-order valence-corrected chi connectivity index (χ2v) is 5.17. The summed E-state index contributed by atoms with van der Waals surface area (Å²) >= 11 is 0. The Morgan fingerprint density at radius 1 is 1.30 bits per heavy atom. The van der Waals surface area contributed by atoms with Gasteiger partial charge >= 0.3 is 0 Å². The third-order valence-electron chi connectivity index (χ3n) is 3.67. The van der Waals surface area contributed by atoms with Crippen LogP contribution in [-0.2, 0) is 4.79 Å². The Bertz CT molecular complexity index is 460. The van der Waals surface area contributed by atoms with Crippen molar-refractivity contribution in [1.29, 1.82) is 5.26 Å². The zero-order valence-electron chi connectivity index (χ0n) is 11.7. The van der Waals surface area contributed by atoms with Gasteiger partial charge in [0.1, 0.15) is 5.92 Å². The number of nitrogens with zero attached hydrogens (tertiary/aromatic N) is 2. The minimum absolute atomic E-state index is 0.194. The van der Waals surface area contributed by atoms with E-state index >= 15 is 0 Å². The van der Waals surface area contributed by atoms with Gasteiger partial charge in [0.2, 0.25) is 5.91 Å². The standard InChI is InChI=1S/C16H21N3O/c17-13-15(14-7-2-1-3-8-14)16(20)18-9-6-12-19-10-4-5-11-19/h1-3,7-8,15H,4-6,9-12H2,(H,18,20). The van der Waals surface area contributed by atoms with Crippen LogP contribution in [0.25, 0.3) is 0 Å². The van der Waals surface area contributed by atoms with Crippen molar-refractivity contribution in [3.8, 4) is 6.07 Å². The van der Waals surface area contributed by atoms with Crippen molar-refractivity contribution in [3.63, 3.8) is 0 Å². The van der Waals surface area contributed by atoms with Gasteiger partial charge in [-0.3, -0.25) is 4.79 Å². The molecule has 1 atom stereocenters. The lowest BCUT2D eigenvalue weighted by Gasteiger charge is -2.15. The van der Waals surface area contributed by atoms with Gasteiger partial charge in [-0.1, -0.05) is 30.3 Å². The first kappa shape index (κ1) is 14.5. The zero-order chi connectivity index (χ0) is 14.2. The second kappa shape index (κ2) is 7.66. The van der Waals surface area contributed by atoms with Crippen LogP contribution in [0.2, 0.25) is 0 Å².